The number of carbonyl (C=O) groups is 4. The van der Waals surface area contributed by atoms with E-state index in [4.69, 9.17) is 9.47 Å². The van der Waals surface area contributed by atoms with E-state index in [0.717, 1.165) is 111 Å². The Hall–Kier alpha value is -4.66. The number of urea groups is 1. The molecule has 0 bridgehead atoms. The maximum Gasteiger partial charge on any atom is 0.323 e. The highest BCUT2D eigenvalue weighted by Gasteiger charge is 2.39. The first kappa shape index (κ1) is 35.7. The predicted octanol–water partition coefficient (Wildman–Crippen LogP) is 1.74. The van der Waals surface area contributed by atoms with E-state index in [2.05, 4.69) is 43.1 Å². The molecule has 3 saturated heterocycles. The number of nitrogens with one attached hydrogen (secondary N) is 1. The number of hydrogen-bond donors (Lipinski definition) is 1. The average Bonchev–Trinajstić information content (AvgIpc) is 3.48. The third kappa shape index (κ3) is 7.32. The third-order valence-corrected chi connectivity index (χ3v) is 11.2. The lowest BCUT2D eigenvalue weighted by atomic mass is 10.0. The summed E-state index contributed by atoms with van der Waals surface area (Å²) >= 11 is 0. The summed E-state index contributed by atoms with van der Waals surface area (Å²) in [6.45, 7) is 11.5. The standard InChI is InChI=1S/C38H50N8O6/c1-40-22-28(23-41(2)38(40)50)26-20-33(51-3)31(34(21-26)52-4)25-44-13-11-42(12-14-44)9-10-43-15-17-45(18-16-43)29-5-6-30-27(19-29)24-46(37(30)49)32-7-8-35(47)39-36(32)48/h5-6,19-22,32H,7-18,23-25H2,1-4H3,(H,39,47,48). The molecule has 7 rings (SSSR count). The third-order valence-electron chi connectivity index (χ3n) is 11.2. The van der Waals surface area contributed by atoms with Crippen molar-refractivity contribution >= 4 is 35.0 Å². The van der Waals surface area contributed by atoms with E-state index in [1.165, 1.54) is 0 Å². The Bertz CT molecular complexity index is 1720. The zero-order valence-corrected chi connectivity index (χ0v) is 30.7. The summed E-state index contributed by atoms with van der Waals surface area (Å²) in [6, 6.07) is 9.50. The van der Waals surface area contributed by atoms with Crippen molar-refractivity contribution in [3.05, 3.63) is 58.8 Å². The summed E-state index contributed by atoms with van der Waals surface area (Å²) in [5.74, 6) is 0.796. The Morgan fingerprint density at radius 3 is 2.04 bits per heavy atom. The molecule has 0 aromatic heterocycles. The topological polar surface area (TPSA) is 121 Å². The quantitative estimate of drug-likeness (QED) is 0.365. The highest BCUT2D eigenvalue weighted by molar-refractivity contribution is 6.05. The van der Waals surface area contributed by atoms with Crippen LogP contribution in [0, 0.1) is 0 Å². The predicted molar refractivity (Wildman–Crippen MR) is 196 cm³/mol. The van der Waals surface area contributed by atoms with Crippen molar-refractivity contribution in [3.63, 3.8) is 0 Å². The molecule has 1 atom stereocenters. The summed E-state index contributed by atoms with van der Waals surface area (Å²) in [5.41, 5.74) is 5.76. The molecular weight excluding hydrogens is 664 g/mol. The molecule has 0 radical (unpaired) electrons. The molecule has 5 aliphatic rings. The monoisotopic (exact) mass is 714 g/mol. The van der Waals surface area contributed by atoms with E-state index in [-0.39, 0.29) is 30.2 Å². The molecule has 5 amide bonds. The van der Waals surface area contributed by atoms with E-state index in [0.29, 0.717) is 25.1 Å². The summed E-state index contributed by atoms with van der Waals surface area (Å²) in [6.07, 6.45) is 2.51. The van der Waals surface area contributed by atoms with Crippen LogP contribution in [0.5, 0.6) is 11.5 Å². The van der Waals surface area contributed by atoms with Gasteiger partial charge < -0.3 is 29.1 Å². The molecule has 0 aliphatic carbocycles. The van der Waals surface area contributed by atoms with Gasteiger partial charge in [-0.2, -0.15) is 0 Å². The number of carbonyl (C=O) groups excluding carboxylic acids is 4. The lowest BCUT2D eigenvalue weighted by Crippen LogP contribution is -2.52. The lowest BCUT2D eigenvalue weighted by Gasteiger charge is -2.39. The van der Waals surface area contributed by atoms with Crippen LogP contribution < -0.4 is 19.7 Å². The second kappa shape index (κ2) is 15.1. The molecule has 0 spiro atoms. The van der Waals surface area contributed by atoms with Crippen LogP contribution in [0.15, 0.2) is 36.5 Å². The number of hydrogen-bond acceptors (Lipinski definition) is 10. The van der Waals surface area contributed by atoms with E-state index in [1.807, 2.05) is 18.3 Å². The van der Waals surface area contributed by atoms with Crippen LogP contribution in [-0.2, 0) is 22.7 Å². The zero-order chi connectivity index (χ0) is 36.5. The summed E-state index contributed by atoms with van der Waals surface area (Å²) < 4.78 is 11.7. The van der Waals surface area contributed by atoms with Gasteiger partial charge in [-0.25, -0.2) is 4.79 Å². The minimum absolute atomic E-state index is 0.0314. The Kier molecular flexibility index (Phi) is 10.4. The number of anilines is 1. The Morgan fingerprint density at radius 1 is 0.788 bits per heavy atom. The second-order valence-electron chi connectivity index (χ2n) is 14.5. The second-order valence-corrected chi connectivity index (χ2v) is 14.5. The maximum absolute atomic E-state index is 13.1. The van der Waals surface area contributed by atoms with Gasteiger partial charge >= 0.3 is 6.03 Å². The fourth-order valence-electron chi connectivity index (χ4n) is 8.08. The molecular formula is C38H50N8O6. The van der Waals surface area contributed by atoms with Gasteiger partial charge in [-0.3, -0.25) is 34.4 Å². The number of piperazine rings is 2. The Morgan fingerprint density at radius 2 is 1.42 bits per heavy atom. The van der Waals surface area contributed by atoms with Crippen LogP contribution in [-0.4, -0.2) is 160 Å². The van der Waals surface area contributed by atoms with Crippen LogP contribution in [0.25, 0.3) is 5.57 Å². The first-order valence-electron chi connectivity index (χ1n) is 18.3. The summed E-state index contributed by atoms with van der Waals surface area (Å²) in [5, 5.41) is 2.37. The molecule has 1 unspecified atom stereocenters. The SMILES string of the molecule is COc1cc(C2=CN(C)C(=O)N(C)C2)cc(OC)c1CN1CCN(CCN2CCN(c3ccc4c(c3)CN(C3CCC(=O)NC3=O)C4=O)CC2)CC1. The molecule has 52 heavy (non-hydrogen) atoms. The van der Waals surface area contributed by atoms with Gasteiger partial charge in [-0.1, -0.05) is 0 Å². The van der Waals surface area contributed by atoms with Crippen molar-refractivity contribution in [2.45, 2.75) is 32.0 Å². The van der Waals surface area contributed by atoms with E-state index in [1.54, 1.807) is 43.0 Å². The minimum atomic E-state index is -0.595. The van der Waals surface area contributed by atoms with Crippen molar-refractivity contribution in [1.82, 2.24) is 34.7 Å². The Balaban J connectivity index is 0.872. The number of rotatable bonds is 10. The highest BCUT2D eigenvalue weighted by atomic mass is 16.5. The molecule has 5 heterocycles. The van der Waals surface area contributed by atoms with Gasteiger partial charge in [0.2, 0.25) is 11.8 Å². The van der Waals surface area contributed by atoms with Gasteiger partial charge in [0.1, 0.15) is 17.5 Å². The van der Waals surface area contributed by atoms with Crippen LogP contribution in [0.1, 0.15) is 39.9 Å². The Labute approximate surface area is 305 Å². The number of imide groups is 1. The fraction of sp³-hybridized carbons (Fsp3) is 0.526. The van der Waals surface area contributed by atoms with E-state index < -0.39 is 6.04 Å². The summed E-state index contributed by atoms with van der Waals surface area (Å²) in [4.78, 5) is 64.2. The summed E-state index contributed by atoms with van der Waals surface area (Å²) in [7, 11) is 6.97. The van der Waals surface area contributed by atoms with Crippen molar-refractivity contribution in [2.24, 2.45) is 0 Å². The molecule has 14 nitrogen and oxygen atoms in total. The minimum Gasteiger partial charge on any atom is -0.496 e. The number of methoxy groups -OCH3 is 2. The number of benzene rings is 2. The molecule has 1 N–H and O–H groups in total. The van der Waals surface area contributed by atoms with Gasteiger partial charge in [0.05, 0.1) is 19.8 Å². The van der Waals surface area contributed by atoms with Crippen molar-refractivity contribution < 1.29 is 28.7 Å². The maximum atomic E-state index is 13.1. The molecule has 14 heteroatoms. The molecule has 278 valence electrons. The first-order chi connectivity index (χ1) is 25.1. The normalized spacial score (nSPS) is 22.2. The smallest absolute Gasteiger partial charge is 0.323 e. The number of likely N-dealkylation sites (N-methyl/N-ethyl adjacent to an activating group) is 1. The van der Waals surface area contributed by atoms with Crippen molar-refractivity contribution in [3.8, 4) is 11.5 Å². The van der Waals surface area contributed by atoms with Crippen LogP contribution in [0.3, 0.4) is 0 Å². The number of ether oxygens (including phenoxy) is 2. The van der Waals surface area contributed by atoms with Crippen molar-refractivity contribution in [1.29, 1.82) is 0 Å². The number of piperidine rings is 1. The van der Waals surface area contributed by atoms with Crippen LogP contribution >= 0.6 is 0 Å². The van der Waals surface area contributed by atoms with Gasteiger partial charge in [0.15, 0.2) is 0 Å². The van der Waals surface area contributed by atoms with Crippen LogP contribution in [0.2, 0.25) is 0 Å². The highest BCUT2D eigenvalue weighted by Crippen LogP contribution is 2.36. The molecule has 2 aromatic rings. The number of nitrogens with zero attached hydrogens (tertiary/aromatic N) is 7. The van der Waals surface area contributed by atoms with Crippen LogP contribution in [0.4, 0.5) is 10.5 Å². The van der Waals surface area contributed by atoms with Gasteiger partial charge in [0.25, 0.3) is 5.91 Å². The van der Waals surface area contributed by atoms with Gasteiger partial charge in [-0.15, -0.1) is 0 Å². The molecule has 5 aliphatic heterocycles. The number of amides is 5. The first-order valence-corrected chi connectivity index (χ1v) is 18.3. The lowest BCUT2D eigenvalue weighted by molar-refractivity contribution is -0.136. The molecule has 2 aromatic carbocycles. The van der Waals surface area contributed by atoms with Gasteiger partial charge in [0, 0.05) is 123 Å². The zero-order valence-electron chi connectivity index (χ0n) is 30.7. The average molecular weight is 715 g/mol. The number of fused-ring (bicyclic) bond motifs is 1. The van der Waals surface area contributed by atoms with Crippen molar-refractivity contribution in [2.75, 3.05) is 105 Å². The van der Waals surface area contributed by atoms with E-state index >= 15 is 0 Å². The largest absolute Gasteiger partial charge is 0.496 e. The molecule has 0 saturated carbocycles. The molecule has 3 fully saturated rings. The fourth-order valence-corrected chi connectivity index (χ4v) is 8.08. The van der Waals surface area contributed by atoms with Gasteiger partial charge in [-0.05, 0) is 53.5 Å². The van der Waals surface area contributed by atoms with E-state index in [9.17, 15) is 19.2 Å².